The van der Waals surface area contributed by atoms with Gasteiger partial charge in [0.15, 0.2) is 0 Å². The lowest BCUT2D eigenvalue weighted by molar-refractivity contribution is -0.115. The van der Waals surface area contributed by atoms with Crippen LogP contribution >= 0.6 is 0 Å². The lowest BCUT2D eigenvalue weighted by atomic mass is 10.0. The minimum Gasteiger partial charge on any atom is -0.449 e. The van der Waals surface area contributed by atoms with Crippen LogP contribution in [0.1, 0.15) is 11.1 Å². The van der Waals surface area contributed by atoms with E-state index in [1.807, 2.05) is 36.4 Å². The van der Waals surface area contributed by atoms with Crippen LogP contribution in [0.2, 0.25) is 0 Å². The summed E-state index contributed by atoms with van der Waals surface area (Å²) in [5, 5.41) is 5.47. The first-order valence-electron chi connectivity index (χ1n) is 7.12. The van der Waals surface area contributed by atoms with Gasteiger partial charge in [0.2, 0.25) is 5.91 Å². The number of carbonyl (C=O) groups is 2. The Kier molecular flexibility index (Phi) is 4.05. The third kappa shape index (κ3) is 3.25. The monoisotopic (exact) mass is 296 g/mol. The molecular weight excluding hydrogens is 280 g/mol. The molecule has 2 N–H and O–H groups in total. The van der Waals surface area contributed by atoms with Crippen LogP contribution in [0.3, 0.4) is 0 Å². The summed E-state index contributed by atoms with van der Waals surface area (Å²) in [6, 6.07) is 14.9. The molecule has 0 radical (unpaired) electrons. The van der Waals surface area contributed by atoms with Gasteiger partial charge in [-0.15, -0.1) is 0 Å². The van der Waals surface area contributed by atoms with E-state index in [1.165, 1.54) is 0 Å². The van der Waals surface area contributed by atoms with E-state index in [4.69, 9.17) is 4.74 Å². The van der Waals surface area contributed by atoms with Crippen LogP contribution in [0.15, 0.2) is 48.5 Å². The second kappa shape index (κ2) is 6.30. The SMILES string of the molecule is O=C1Cc2c(CCOC(=O)Nc3ccccc3)cccc2N1. The Morgan fingerprint density at radius 2 is 1.95 bits per heavy atom. The van der Waals surface area contributed by atoms with Gasteiger partial charge in [0.1, 0.15) is 0 Å². The predicted octanol–water partition coefficient (Wildman–Crippen LogP) is 2.97. The van der Waals surface area contributed by atoms with Crippen molar-refractivity contribution >= 4 is 23.4 Å². The largest absolute Gasteiger partial charge is 0.449 e. The van der Waals surface area contributed by atoms with Gasteiger partial charge in [0, 0.05) is 17.8 Å². The molecule has 0 saturated carbocycles. The summed E-state index contributed by atoms with van der Waals surface area (Å²) < 4.78 is 5.18. The fraction of sp³-hybridized carbons (Fsp3) is 0.176. The Labute approximate surface area is 128 Å². The summed E-state index contributed by atoms with van der Waals surface area (Å²) in [4.78, 5) is 23.1. The van der Waals surface area contributed by atoms with Gasteiger partial charge in [-0.05, 0) is 29.3 Å². The number of hydrogen-bond donors (Lipinski definition) is 2. The minimum absolute atomic E-state index is 0.00480. The van der Waals surface area contributed by atoms with Gasteiger partial charge in [-0.1, -0.05) is 30.3 Å². The summed E-state index contributed by atoms with van der Waals surface area (Å²) in [5.41, 5.74) is 3.59. The fourth-order valence-corrected chi connectivity index (χ4v) is 2.48. The number of fused-ring (bicyclic) bond motifs is 1. The van der Waals surface area contributed by atoms with E-state index in [2.05, 4.69) is 10.6 Å². The number of amides is 2. The maximum absolute atomic E-state index is 11.7. The Bertz CT molecular complexity index is 698. The quantitative estimate of drug-likeness (QED) is 0.911. The van der Waals surface area contributed by atoms with Crippen molar-refractivity contribution in [2.75, 3.05) is 17.2 Å². The third-order valence-corrected chi connectivity index (χ3v) is 3.51. The Balaban J connectivity index is 1.53. The number of ether oxygens (including phenoxy) is 1. The fourth-order valence-electron chi connectivity index (χ4n) is 2.48. The van der Waals surface area contributed by atoms with Gasteiger partial charge >= 0.3 is 6.09 Å². The standard InChI is InChI=1S/C17H16N2O3/c20-16-11-14-12(5-4-8-15(14)19-16)9-10-22-17(21)18-13-6-2-1-3-7-13/h1-8H,9-11H2,(H,18,21)(H,19,20). The number of hydrogen-bond acceptors (Lipinski definition) is 3. The molecule has 5 heteroatoms. The first-order valence-corrected chi connectivity index (χ1v) is 7.12. The highest BCUT2D eigenvalue weighted by Gasteiger charge is 2.20. The highest BCUT2D eigenvalue weighted by atomic mass is 16.5. The number of para-hydroxylation sites is 1. The van der Waals surface area contributed by atoms with E-state index in [-0.39, 0.29) is 12.5 Å². The first kappa shape index (κ1) is 14.1. The average Bonchev–Trinajstić information content (AvgIpc) is 2.89. The van der Waals surface area contributed by atoms with E-state index >= 15 is 0 Å². The van der Waals surface area contributed by atoms with Crippen molar-refractivity contribution in [3.8, 4) is 0 Å². The maximum atomic E-state index is 11.7. The number of anilines is 2. The highest BCUT2D eigenvalue weighted by Crippen LogP contribution is 2.26. The van der Waals surface area contributed by atoms with Crippen LogP contribution in [-0.2, 0) is 22.4 Å². The molecule has 0 atom stereocenters. The molecule has 0 bridgehead atoms. The molecule has 1 heterocycles. The number of rotatable bonds is 4. The van der Waals surface area contributed by atoms with Crippen LogP contribution in [0.25, 0.3) is 0 Å². The Hall–Kier alpha value is -2.82. The lowest BCUT2D eigenvalue weighted by Gasteiger charge is -2.09. The van der Waals surface area contributed by atoms with Crippen LogP contribution < -0.4 is 10.6 Å². The molecular formula is C17H16N2O3. The molecule has 3 rings (SSSR count). The van der Waals surface area contributed by atoms with Crippen LogP contribution in [0, 0.1) is 0 Å². The van der Waals surface area contributed by atoms with Crippen molar-refractivity contribution in [2.45, 2.75) is 12.8 Å². The molecule has 0 saturated heterocycles. The second-order valence-corrected chi connectivity index (χ2v) is 5.05. The van der Waals surface area contributed by atoms with Gasteiger partial charge in [-0.2, -0.15) is 0 Å². The molecule has 22 heavy (non-hydrogen) atoms. The van der Waals surface area contributed by atoms with Gasteiger partial charge < -0.3 is 10.1 Å². The highest BCUT2D eigenvalue weighted by molar-refractivity contribution is 5.99. The zero-order chi connectivity index (χ0) is 15.4. The zero-order valence-electron chi connectivity index (χ0n) is 12.0. The summed E-state index contributed by atoms with van der Waals surface area (Å²) in [5.74, 6) is 0.00480. The van der Waals surface area contributed by atoms with E-state index in [1.54, 1.807) is 12.1 Å². The molecule has 2 aromatic carbocycles. The predicted molar refractivity (Wildman–Crippen MR) is 83.9 cm³/mol. The van der Waals surface area contributed by atoms with Gasteiger partial charge in [-0.3, -0.25) is 10.1 Å². The zero-order valence-corrected chi connectivity index (χ0v) is 12.0. The Morgan fingerprint density at radius 3 is 2.77 bits per heavy atom. The van der Waals surface area contributed by atoms with Crippen LogP contribution in [0.4, 0.5) is 16.2 Å². The topological polar surface area (TPSA) is 67.4 Å². The lowest BCUT2D eigenvalue weighted by Crippen LogP contribution is -2.15. The summed E-state index contributed by atoms with van der Waals surface area (Å²) in [6.45, 7) is 0.267. The Morgan fingerprint density at radius 1 is 1.14 bits per heavy atom. The molecule has 0 spiro atoms. The van der Waals surface area contributed by atoms with E-state index in [0.717, 1.165) is 16.8 Å². The molecule has 1 aliphatic heterocycles. The molecule has 0 fully saturated rings. The van der Waals surface area contributed by atoms with Crippen LogP contribution in [-0.4, -0.2) is 18.6 Å². The van der Waals surface area contributed by atoms with Crippen molar-refractivity contribution in [3.63, 3.8) is 0 Å². The molecule has 5 nitrogen and oxygen atoms in total. The van der Waals surface area contributed by atoms with Gasteiger partial charge in [0.25, 0.3) is 0 Å². The molecule has 2 aromatic rings. The summed E-state index contributed by atoms with van der Waals surface area (Å²) in [6.07, 6.45) is 0.496. The van der Waals surface area contributed by atoms with Gasteiger partial charge in [-0.25, -0.2) is 4.79 Å². The van der Waals surface area contributed by atoms with E-state index in [9.17, 15) is 9.59 Å². The van der Waals surface area contributed by atoms with Crippen molar-refractivity contribution in [2.24, 2.45) is 0 Å². The smallest absolute Gasteiger partial charge is 0.411 e. The second-order valence-electron chi connectivity index (χ2n) is 5.05. The molecule has 1 aliphatic rings. The number of benzene rings is 2. The van der Waals surface area contributed by atoms with E-state index in [0.29, 0.717) is 18.5 Å². The van der Waals surface area contributed by atoms with Gasteiger partial charge in [0.05, 0.1) is 13.0 Å². The maximum Gasteiger partial charge on any atom is 0.411 e. The molecule has 112 valence electrons. The molecule has 0 aromatic heterocycles. The summed E-state index contributed by atoms with van der Waals surface area (Å²) in [7, 11) is 0. The van der Waals surface area contributed by atoms with Crippen LogP contribution in [0.5, 0.6) is 0 Å². The van der Waals surface area contributed by atoms with Crippen molar-refractivity contribution < 1.29 is 14.3 Å². The third-order valence-electron chi connectivity index (χ3n) is 3.51. The summed E-state index contributed by atoms with van der Waals surface area (Å²) >= 11 is 0. The average molecular weight is 296 g/mol. The van der Waals surface area contributed by atoms with Crippen molar-refractivity contribution in [3.05, 3.63) is 59.7 Å². The van der Waals surface area contributed by atoms with Crippen molar-refractivity contribution in [1.82, 2.24) is 0 Å². The molecule has 0 unspecified atom stereocenters. The minimum atomic E-state index is -0.479. The number of nitrogens with one attached hydrogen (secondary N) is 2. The molecule has 2 amide bonds. The first-order chi connectivity index (χ1) is 10.7. The van der Waals surface area contributed by atoms with Crippen molar-refractivity contribution in [1.29, 1.82) is 0 Å². The normalized spacial score (nSPS) is 12.5. The van der Waals surface area contributed by atoms with E-state index < -0.39 is 6.09 Å². The molecule has 0 aliphatic carbocycles. The number of carbonyl (C=O) groups excluding carboxylic acids is 2.